The van der Waals surface area contributed by atoms with Crippen molar-refractivity contribution in [3.8, 4) is 0 Å². The molecule has 0 amide bonds. The molecule has 3 rings (SSSR count). The van der Waals surface area contributed by atoms with Crippen LogP contribution in [-0.4, -0.2) is 37.8 Å². The van der Waals surface area contributed by atoms with E-state index >= 15 is 0 Å². The Balaban J connectivity index is 1.93. The molecule has 0 aromatic heterocycles. The zero-order valence-corrected chi connectivity index (χ0v) is 14.7. The fraction of sp³-hybridized carbons (Fsp3) is 0.222. The summed E-state index contributed by atoms with van der Waals surface area (Å²) >= 11 is 0. The van der Waals surface area contributed by atoms with Crippen LogP contribution in [0.5, 0.6) is 0 Å². The number of nitrogens with zero attached hydrogens (tertiary/aromatic N) is 3. The first-order valence-corrected chi connectivity index (χ1v) is 9.49. The lowest BCUT2D eigenvalue weighted by molar-refractivity contribution is 0.120. The van der Waals surface area contributed by atoms with Crippen molar-refractivity contribution in [2.24, 2.45) is 0 Å². The molecule has 0 aliphatic carbocycles. The van der Waals surface area contributed by atoms with Crippen LogP contribution in [0.2, 0.25) is 0 Å². The van der Waals surface area contributed by atoms with E-state index in [9.17, 15) is 18.9 Å². The Bertz CT molecular complexity index is 937. The zero-order valence-electron chi connectivity index (χ0n) is 13.9. The van der Waals surface area contributed by atoms with Gasteiger partial charge in [0.1, 0.15) is 6.73 Å². The van der Waals surface area contributed by atoms with Gasteiger partial charge in [-0.1, -0.05) is 48.5 Å². The highest BCUT2D eigenvalue weighted by Gasteiger charge is 2.42. The fourth-order valence-corrected chi connectivity index (χ4v) is 4.03. The van der Waals surface area contributed by atoms with Gasteiger partial charge in [0.25, 0.3) is 9.84 Å². The molecule has 7 nitrogen and oxygen atoms in total. The van der Waals surface area contributed by atoms with Crippen LogP contribution in [0.1, 0.15) is 5.56 Å². The molecular weight excluding hydrogens is 354 g/mol. The maximum Gasteiger partial charge on any atom is 0.537 e. The molecule has 1 aliphatic rings. The van der Waals surface area contributed by atoms with Gasteiger partial charge in [-0.25, -0.2) is 8.42 Å². The molecule has 134 valence electrons. The Morgan fingerprint density at radius 3 is 2.38 bits per heavy atom. The highest BCUT2D eigenvalue weighted by Crippen LogP contribution is 2.27. The Morgan fingerprint density at radius 1 is 1.15 bits per heavy atom. The van der Waals surface area contributed by atoms with Crippen molar-refractivity contribution in [1.29, 1.82) is 5.39 Å². The standard InChI is InChI=1S/C18H17N3O4S/c19-20-17(26(23,24)16-9-5-2-6-10-16)18(22)21-13-25-12-15(21)11-14-7-3-1-4-8-14/h1-10,15H,11-13H2/p+1/b18-17-. The highest BCUT2D eigenvalue weighted by atomic mass is 32.2. The third-order valence-corrected chi connectivity index (χ3v) is 5.82. The summed E-state index contributed by atoms with van der Waals surface area (Å²) in [7, 11) is -4.17. The number of ether oxygens (including phenoxy) is 1. The number of diazo groups is 1. The van der Waals surface area contributed by atoms with Gasteiger partial charge in [0.05, 0.1) is 17.5 Å². The number of hydrogen-bond acceptors (Lipinski definition) is 6. The van der Waals surface area contributed by atoms with Crippen LogP contribution in [0.3, 0.4) is 0 Å². The van der Waals surface area contributed by atoms with Crippen LogP contribution in [0.25, 0.3) is 4.98 Å². The minimum absolute atomic E-state index is 0.00661. The van der Waals surface area contributed by atoms with Crippen LogP contribution >= 0.6 is 0 Å². The van der Waals surface area contributed by atoms with Crippen molar-refractivity contribution in [3.05, 3.63) is 82.1 Å². The van der Waals surface area contributed by atoms with E-state index in [0.717, 1.165) is 5.56 Å². The maximum absolute atomic E-state index is 12.7. The number of aliphatic hydroxyl groups excluding tert-OH is 1. The van der Waals surface area contributed by atoms with Crippen LogP contribution < -0.4 is 0 Å². The number of hydrogen-bond donors (Lipinski definition) is 1. The molecule has 1 atom stereocenters. The van der Waals surface area contributed by atoms with Crippen LogP contribution in [0.4, 0.5) is 0 Å². The third kappa shape index (κ3) is 3.54. The third-order valence-electron chi connectivity index (χ3n) is 4.16. The second-order valence-electron chi connectivity index (χ2n) is 5.86. The normalized spacial score (nSPS) is 18.3. The van der Waals surface area contributed by atoms with E-state index in [1.165, 1.54) is 17.0 Å². The minimum atomic E-state index is -4.17. The highest BCUT2D eigenvalue weighted by molar-refractivity contribution is 7.95. The van der Waals surface area contributed by atoms with Gasteiger partial charge in [-0.3, -0.25) is 0 Å². The fourth-order valence-electron chi connectivity index (χ4n) is 2.82. The molecular formula is C18H18N3O4S+. The molecule has 1 unspecified atom stereocenters. The van der Waals surface area contributed by atoms with E-state index in [1.807, 2.05) is 30.3 Å². The van der Waals surface area contributed by atoms with Crippen LogP contribution in [0, 0.1) is 5.39 Å². The molecule has 1 heterocycles. The van der Waals surface area contributed by atoms with E-state index in [0.29, 0.717) is 13.0 Å². The molecule has 2 aromatic carbocycles. The molecule has 1 saturated heterocycles. The Labute approximate surface area is 151 Å². The lowest BCUT2D eigenvalue weighted by Crippen LogP contribution is -2.33. The number of rotatable bonds is 5. The summed E-state index contributed by atoms with van der Waals surface area (Å²) in [6.07, 6.45) is 0.551. The minimum Gasteiger partial charge on any atom is -0.488 e. The van der Waals surface area contributed by atoms with E-state index in [2.05, 4.69) is 4.98 Å². The van der Waals surface area contributed by atoms with Crippen molar-refractivity contribution < 1.29 is 18.3 Å². The first kappa shape index (κ1) is 17.9. The van der Waals surface area contributed by atoms with Gasteiger partial charge in [0.2, 0.25) is 5.39 Å². The number of sulfone groups is 1. The largest absolute Gasteiger partial charge is 0.537 e. The molecule has 0 spiro atoms. The molecule has 8 heteroatoms. The van der Waals surface area contributed by atoms with Crippen molar-refractivity contribution in [2.75, 3.05) is 13.3 Å². The summed E-state index contributed by atoms with van der Waals surface area (Å²) in [6.45, 7) is 0.329. The van der Waals surface area contributed by atoms with Gasteiger partial charge in [0.15, 0.2) is 4.98 Å². The van der Waals surface area contributed by atoms with E-state index < -0.39 is 20.7 Å². The molecule has 0 saturated carbocycles. The molecule has 1 aliphatic heterocycles. The first-order chi connectivity index (χ1) is 12.5. The second kappa shape index (κ2) is 7.56. The van der Waals surface area contributed by atoms with Crippen molar-refractivity contribution >= 4 is 9.84 Å². The summed E-state index contributed by atoms with van der Waals surface area (Å²) in [4.78, 5) is 4.19. The van der Waals surface area contributed by atoms with Gasteiger partial charge >= 0.3 is 10.9 Å². The van der Waals surface area contributed by atoms with Gasteiger partial charge in [-0.05, 0) is 24.1 Å². The lowest BCUT2D eigenvalue weighted by atomic mass is 10.1. The predicted octanol–water partition coefficient (Wildman–Crippen LogP) is 2.90. The van der Waals surface area contributed by atoms with Crippen LogP contribution in [0.15, 0.2) is 76.5 Å². The lowest BCUT2D eigenvalue weighted by Gasteiger charge is -2.21. The molecule has 1 N–H and O–H groups in total. The average molecular weight is 372 g/mol. The molecule has 26 heavy (non-hydrogen) atoms. The summed E-state index contributed by atoms with van der Waals surface area (Å²) < 4.78 is 30.8. The smallest absolute Gasteiger partial charge is 0.488 e. The summed E-state index contributed by atoms with van der Waals surface area (Å²) in [5, 5.41) is 19.0. The number of aliphatic hydroxyl groups is 1. The van der Waals surface area contributed by atoms with Gasteiger partial charge in [-0.15, -0.1) is 0 Å². The monoisotopic (exact) mass is 372 g/mol. The summed E-state index contributed by atoms with van der Waals surface area (Å²) in [6, 6.07) is 16.8. The van der Waals surface area contributed by atoms with Crippen LogP contribution in [-0.2, 0) is 21.0 Å². The number of benzene rings is 2. The Morgan fingerprint density at radius 2 is 1.77 bits per heavy atom. The molecule has 0 bridgehead atoms. The van der Waals surface area contributed by atoms with Gasteiger partial charge in [-0.2, -0.15) is 0 Å². The average Bonchev–Trinajstić information content (AvgIpc) is 3.11. The first-order valence-electron chi connectivity index (χ1n) is 8.01. The van der Waals surface area contributed by atoms with E-state index in [4.69, 9.17) is 4.74 Å². The predicted molar refractivity (Wildman–Crippen MR) is 95.0 cm³/mol. The Kier molecular flexibility index (Phi) is 5.21. The van der Waals surface area contributed by atoms with Crippen molar-refractivity contribution in [3.63, 3.8) is 0 Å². The maximum atomic E-state index is 12.7. The van der Waals surface area contributed by atoms with Gasteiger partial charge in [0, 0.05) is 0 Å². The topological polar surface area (TPSA) is 95.0 Å². The molecule has 0 radical (unpaired) electrons. The molecule has 1 fully saturated rings. The summed E-state index contributed by atoms with van der Waals surface area (Å²) in [5.74, 6) is -0.630. The molecule has 2 aromatic rings. The SMILES string of the molecule is N#[N+]/C(=C(/O)N1COCC1Cc1ccccc1)S(=O)(=O)c1ccccc1. The van der Waals surface area contributed by atoms with Crippen molar-refractivity contribution in [1.82, 2.24) is 4.90 Å². The second-order valence-corrected chi connectivity index (χ2v) is 7.72. The van der Waals surface area contributed by atoms with E-state index in [-0.39, 0.29) is 17.7 Å². The van der Waals surface area contributed by atoms with E-state index in [1.54, 1.807) is 18.2 Å². The summed E-state index contributed by atoms with van der Waals surface area (Å²) in [5.41, 5.74) is 1.02. The Hall–Kier alpha value is -2.89. The quantitative estimate of drug-likeness (QED) is 0.640. The zero-order chi connectivity index (χ0) is 18.6. The van der Waals surface area contributed by atoms with Crippen molar-refractivity contribution in [2.45, 2.75) is 17.4 Å². The van der Waals surface area contributed by atoms with Gasteiger partial charge < -0.3 is 14.7 Å².